The van der Waals surface area contributed by atoms with Crippen LogP contribution in [0.15, 0.2) is 29.3 Å². The van der Waals surface area contributed by atoms with Crippen LogP contribution in [0.4, 0.5) is 0 Å². The number of carbonyl (C=O) groups is 1. The van der Waals surface area contributed by atoms with Crippen molar-refractivity contribution in [2.75, 3.05) is 6.54 Å². The summed E-state index contributed by atoms with van der Waals surface area (Å²) in [5.41, 5.74) is 0.921. The quantitative estimate of drug-likeness (QED) is 0.653. The average Bonchev–Trinajstić information content (AvgIpc) is 2.46. The Balaban J connectivity index is 2.08. The van der Waals surface area contributed by atoms with E-state index in [1.54, 1.807) is 0 Å². The minimum atomic E-state index is -0.176. The number of rotatable bonds is 6. The van der Waals surface area contributed by atoms with Gasteiger partial charge in [-0.3, -0.25) is 4.79 Å². The number of aromatic nitrogens is 2. The molecule has 0 fully saturated rings. The van der Waals surface area contributed by atoms with E-state index in [9.17, 15) is 4.79 Å². The lowest BCUT2D eigenvalue weighted by molar-refractivity contribution is -0.120. The fraction of sp³-hybridized carbons (Fsp3) is 0.471. The molecule has 1 aromatic heterocycles. The highest BCUT2D eigenvalue weighted by Crippen LogP contribution is 2.28. The van der Waals surface area contributed by atoms with Crippen LogP contribution in [0, 0.1) is 12.8 Å². The molecule has 22 heavy (non-hydrogen) atoms. The van der Waals surface area contributed by atoms with Gasteiger partial charge in [0.25, 0.3) is 0 Å². The summed E-state index contributed by atoms with van der Waals surface area (Å²) in [7, 11) is 0. The van der Waals surface area contributed by atoms with Crippen molar-refractivity contribution in [2.24, 2.45) is 5.92 Å². The Bertz CT molecular complexity index is 657. The van der Waals surface area contributed by atoms with Crippen LogP contribution in [0.25, 0.3) is 10.9 Å². The molecule has 2 rings (SSSR count). The fourth-order valence-corrected chi connectivity index (χ4v) is 3.11. The van der Waals surface area contributed by atoms with Crippen LogP contribution in [0.1, 0.15) is 33.0 Å². The van der Waals surface area contributed by atoms with Crippen LogP contribution < -0.4 is 5.32 Å². The van der Waals surface area contributed by atoms with Crippen molar-refractivity contribution in [1.29, 1.82) is 0 Å². The normalized spacial score (nSPS) is 12.6. The highest BCUT2D eigenvalue weighted by atomic mass is 32.2. The van der Waals surface area contributed by atoms with Crippen LogP contribution in [-0.2, 0) is 4.79 Å². The van der Waals surface area contributed by atoms with Crippen LogP contribution in [0.3, 0.4) is 0 Å². The van der Waals surface area contributed by atoms with E-state index in [0.717, 1.165) is 34.7 Å². The first-order valence-corrected chi connectivity index (χ1v) is 8.53. The Morgan fingerprint density at radius 2 is 1.95 bits per heavy atom. The molecule has 0 spiro atoms. The average molecular weight is 317 g/mol. The zero-order chi connectivity index (χ0) is 16.1. The van der Waals surface area contributed by atoms with E-state index in [4.69, 9.17) is 0 Å². The van der Waals surface area contributed by atoms with E-state index in [2.05, 4.69) is 29.1 Å². The molecule has 1 N–H and O–H groups in total. The van der Waals surface area contributed by atoms with Crippen molar-refractivity contribution in [3.63, 3.8) is 0 Å². The standard InChI is InChI=1S/C17H23N3OS/c1-11(2)9-10-18-16(21)12(3)22-17-14-7-5-6-8-15(14)19-13(4)20-17/h5-8,11-12H,9-10H2,1-4H3,(H,18,21). The van der Waals surface area contributed by atoms with Gasteiger partial charge in [-0.2, -0.15) is 0 Å². The van der Waals surface area contributed by atoms with Gasteiger partial charge in [0.05, 0.1) is 10.8 Å². The maximum atomic E-state index is 12.2. The lowest BCUT2D eigenvalue weighted by Crippen LogP contribution is -2.32. The van der Waals surface area contributed by atoms with Crippen molar-refractivity contribution < 1.29 is 4.79 Å². The number of hydrogen-bond donors (Lipinski definition) is 1. The van der Waals surface area contributed by atoms with Crippen molar-refractivity contribution in [1.82, 2.24) is 15.3 Å². The van der Waals surface area contributed by atoms with Crippen molar-refractivity contribution in [3.8, 4) is 0 Å². The largest absolute Gasteiger partial charge is 0.355 e. The molecule has 1 aromatic carbocycles. The zero-order valence-corrected chi connectivity index (χ0v) is 14.4. The first-order valence-electron chi connectivity index (χ1n) is 7.65. The monoisotopic (exact) mass is 317 g/mol. The molecule has 0 saturated heterocycles. The second kappa shape index (κ2) is 7.58. The number of carbonyl (C=O) groups excluding carboxylic acids is 1. The molecule has 0 saturated carbocycles. The molecule has 5 heteroatoms. The number of thioether (sulfide) groups is 1. The summed E-state index contributed by atoms with van der Waals surface area (Å²) in [5, 5.41) is 4.69. The topological polar surface area (TPSA) is 54.9 Å². The van der Waals surface area contributed by atoms with Gasteiger partial charge in [-0.25, -0.2) is 9.97 Å². The van der Waals surface area contributed by atoms with Gasteiger partial charge in [0.1, 0.15) is 10.9 Å². The molecule has 0 aliphatic rings. The smallest absolute Gasteiger partial charge is 0.233 e. The minimum absolute atomic E-state index is 0.0611. The van der Waals surface area contributed by atoms with E-state index in [-0.39, 0.29) is 11.2 Å². The van der Waals surface area contributed by atoms with Gasteiger partial charge < -0.3 is 5.32 Å². The number of para-hydroxylation sites is 1. The number of nitrogens with zero attached hydrogens (tertiary/aromatic N) is 2. The zero-order valence-electron chi connectivity index (χ0n) is 13.6. The van der Waals surface area contributed by atoms with E-state index < -0.39 is 0 Å². The maximum Gasteiger partial charge on any atom is 0.233 e. The van der Waals surface area contributed by atoms with Crippen molar-refractivity contribution in [2.45, 2.75) is 44.4 Å². The molecule has 1 unspecified atom stereocenters. The molecule has 0 aliphatic heterocycles. The molecular weight excluding hydrogens is 294 g/mol. The van der Waals surface area contributed by atoms with Gasteiger partial charge in [-0.15, -0.1) is 0 Å². The lowest BCUT2D eigenvalue weighted by atomic mass is 10.1. The van der Waals surface area contributed by atoms with Gasteiger partial charge in [0.2, 0.25) is 5.91 Å². The SMILES string of the molecule is Cc1nc(SC(C)C(=O)NCCC(C)C)c2ccccc2n1. The van der Waals surface area contributed by atoms with Crippen LogP contribution in [0.5, 0.6) is 0 Å². The number of amides is 1. The number of hydrogen-bond acceptors (Lipinski definition) is 4. The van der Waals surface area contributed by atoms with Crippen molar-refractivity contribution in [3.05, 3.63) is 30.1 Å². The Labute approximate surface area is 136 Å². The van der Waals surface area contributed by atoms with Gasteiger partial charge in [0, 0.05) is 11.9 Å². The van der Waals surface area contributed by atoms with Gasteiger partial charge in [-0.05, 0) is 32.3 Å². The fourth-order valence-electron chi connectivity index (χ4n) is 2.10. The number of benzene rings is 1. The molecule has 1 atom stereocenters. The molecular formula is C17H23N3OS. The highest BCUT2D eigenvalue weighted by molar-refractivity contribution is 8.00. The van der Waals surface area contributed by atoms with Gasteiger partial charge in [0.15, 0.2) is 0 Å². The molecule has 2 aromatic rings. The third-order valence-corrected chi connectivity index (χ3v) is 4.46. The molecule has 118 valence electrons. The second-order valence-electron chi connectivity index (χ2n) is 5.83. The summed E-state index contributed by atoms with van der Waals surface area (Å²) >= 11 is 1.49. The molecule has 0 aliphatic carbocycles. The minimum Gasteiger partial charge on any atom is -0.355 e. The first kappa shape index (κ1) is 16.7. The third kappa shape index (κ3) is 4.44. The summed E-state index contributed by atoms with van der Waals surface area (Å²) < 4.78 is 0. The van der Waals surface area contributed by atoms with Gasteiger partial charge >= 0.3 is 0 Å². The Morgan fingerprint density at radius 3 is 2.68 bits per heavy atom. The van der Waals surface area contributed by atoms with E-state index in [1.165, 1.54) is 11.8 Å². The number of nitrogens with one attached hydrogen (secondary N) is 1. The summed E-state index contributed by atoms with van der Waals surface area (Å²) in [4.78, 5) is 21.1. The number of fused-ring (bicyclic) bond motifs is 1. The maximum absolute atomic E-state index is 12.2. The molecule has 0 bridgehead atoms. The molecule has 4 nitrogen and oxygen atoms in total. The summed E-state index contributed by atoms with van der Waals surface area (Å²) in [6.07, 6.45) is 0.999. The highest BCUT2D eigenvalue weighted by Gasteiger charge is 2.17. The third-order valence-electron chi connectivity index (χ3n) is 3.36. The summed E-state index contributed by atoms with van der Waals surface area (Å²) in [5.74, 6) is 1.39. The predicted molar refractivity (Wildman–Crippen MR) is 92.1 cm³/mol. The van der Waals surface area contributed by atoms with Crippen LogP contribution in [0.2, 0.25) is 0 Å². The predicted octanol–water partition coefficient (Wildman–Crippen LogP) is 3.58. The lowest BCUT2D eigenvalue weighted by Gasteiger charge is -2.13. The first-order chi connectivity index (χ1) is 10.5. The van der Waals surface area contributed by atoms with Crippen LogP contribution in [-0.4, -0.2) is 27.7 Å². The van der Waals surface area contributed by atoms with Crippen LogP contribution >= 0.6 is 11.8 Å². The summed E-state index contributed by atoms with van der Waals surface area (Å²) in [6, 6.07) is 7.91. The van der Waals surface area contributed by atoms with E-state index in [0.29, 0.717) is 5.92 Å². The van der Waals surface area contributed by atoms with E-state index in [1.807, 2.05) is 38.1 Å². The number of aryl methyl sites for hydroxylation is 1. The Kier molecular flexibility index (Phi) is 5.77. The van der Waals surface area contributed by atoms with Crippen molar-refractivity contribution >= 4 is 28.6 Å². The van der Waals surface area contributed by atoms with E-state index >= 15 is 0 Å². The second-order valence-corrected chi connectivity index (χ2v) is 7.16. The Morgan fingerprint density at radius 1 is 1.23 bits per heavy atom. The molecule has 1 heterocycles. The molecule has 0 radical (unpaired) electrons. The summed E-state index contributed by atoms with van der Waals surface area (Å²) in [6.45, 7) is 8.83. The molecule has 1 amide bonds. The van der Waals surface area contributed by atoms with Gasteiger partial charge in [-0.1, -0.05) is 43.8 Å². The Hall–Kier alpha value is -1.62.